The first-order chi connectivity index (χ1) is 13.2. The lowest BCUT2D eigenvalue weighted by atomic mass is 10.1. The average Bonchev–Trinajstić information content (AvgIpc) is 3.39. The van der Waals surface area contributed by atoms with Crippen molar-refractivity contribution < 1.29 is 9.32 Å². The number of carbonyl (C=O) groups excluding carboxylic acids is 1. The first-order valence-electron chi connectivity index (χ1n) is 8.56. The Bertz CT molecular complexity index is 1040. The lowest BCUT2D eigenvalue weighted by molar-refractivity contribution is 0.0944. The topological polar surface area (TPSA) is 68.0 Å². The van der Waals surface area contributed by atoms with Gasteiger partial charge >= 0.3 is 0 Å². The van der Waals surface area contributed by atoms with Crippen LogP contribution in [0.5, 0.6) is 0 Å². The minimum atomic E-state index is -0.116. The number of amides is 1. The van der Waals surface area contributed by atoms with E-state index in [0.29, 0.717) is 16.6 Å². The van der Waals surface area contributed by atoms with Gasteiger partial charge in [-0.1, -0.05) is 53.7 Å². The lowest BCUT2D eigenvalue weighted by Gasteiger charge is -2.13. The van der Waals surface area contributed by atoms with Gasteiger partial charge in [0.15, 0.2) is 0 Å². The van der Waals surface area contributed by atoms with Crippen LogP contribution in [0.4, 0.5) is 0 Å². The standard InChI is InChI=1S/C21H17N3O2S/c1-14(15-8-4-2-5-9-15)22-20(25)18-13-12-17(27-18)19-23-21(26-24-19)16-10-6-3-7-11-16/h2-14H,1H3,(H,22,25). The van der Waals surface area contributed by atoms with Crippen molar-refractivity contribution in [1.29, 1.82) is 0 Å². The molecule has 5 nitrogen and oxygen atoms in total. The number of aromatic nitrogens is 2. The van der Waals surface area contributed by atoms with E-state index >= 15 is 0 Å². The molecule has 1 atom stereocenters. The van der Waals surface area contributed by atoms with Crippen molar-refractivity contribution in [3.05, 3.63) is 83.2 Å². The van der Waals surface area contributed by atoms with Crippen LogP contribution in [0, 0.1) is 0 Å². The third kappa shape index (κ3) is 3.80. The summed E-state index contributed by atoms with van der Waals surface area (Å²) in [6, 6.07) is 23.0. The molecule has 0 radical (unpaired) electrons. The minimum absolute atomic E-state index is 0.0703. The van der Waals surface area contributed by atoms with Crippen LogP contribution in [0.1, 0.15) is 28.2 Å². The van der Waals surface area contributed by atoms with E-state index in [9.17, 15) is 4.79 Å². The monoisotopic (exact) mass is 375 g/mol. The van der Waals surface area contributed by atoms with Crippen LogP contribution in [0.2, 0.25) is 0 Å². The predicted octanol–water partition coefficient (Wildman–Crippen LogP) is 4.96. The van der Waals surface area contributed by atoms with E-state index in [1.807, 2.05) is 73.7 Å². The summed E-state index contributed by atoms with van der Waals surface area (Å²) in [6.07, 6.45) is 0. The summed E-state index contributed by atoms with van der Waals surface area (Å²) in [6.45, 7) is 1.97. The molecule has 2 aromatic heterocycles. The summed E-state index contributed by atoms with van der Waals surface area (Å²) in [4.78, 5) is 18.4. The van der Waals surface area contributed by atoms with Crippen molar-refractivity contribution >= 4 is 17.2 Å². The molecular formula is C21H17N3O2S. The Morgan fingerprint density at radius 1 is 1.00 bits per heavy atom. The van der Waals surface area contributed by atoms with Crippen molar-refractivity contribution in [3.63, 3.8) is 0 Å². The van der Waals surface area contributed by atoms with Crippen LogP contribution >= 0.6 is 11.3 Å². The van der Waals surface area contributed by atoms with E-state index in [1.165, 1.54) is 11.3 Å². The van der Waals surface area contributed by atoms with E-state index in [-0.39, 0.29) is 11.9 Å². The van der Waals surface area contributed by atoms with Gasteiger partial charge in [0, 0.05) is 5.56 Å². The van der Waals surface area contributed by atoms with E-state index in [0.717, 1.165) is 16.0 Å². The van der Waals surface area contributed by atoms with E-state index in [4.69, 9.17) is 4.52 Å². The van der Waals surface area contributed by atoms with Crippen molar-refractivity contribution in [2.45, 2.75) is 13.0 Å². The number of carbonyl (C=O) groups is 1. The van der Waals surface area contributed by atoms with Gasteiger partial charge in [0.1, 0.15) is 0 Å². The Morgan fingerprint density at radius 3 is 2.44 bits per heavy atom. The van der Waals surface area contributed by atoms with Gasteiger partial charge in [0.2, 0.25) is 5.82 Å². The molecule has 0 aliphatic heterocycles. The van der Waals surface area contributed by atoms with Crippen LogP contribution in [0.3, 0.4) is 0 Å². The normalized spacial score (nSPS) is 11.9. The number of benzene rings is 2. The molecule has 1 N–H and O–H groups in total. The number of rotatable bonds is 5. The first kappa shape index (κ1) is 17.2. The molecule has 0 saturated carbocycles. The Morgan fingerprint density at radius 2 is 1.70 bits per heavy atom. The molecule has 0 spiro atoms. The largest absolute Gasteiger partial charge is 0.345 e. The first-order valence-corrected chi connectivity index (χ1v) is 9.37. The Balaban J connectivity index is 1.49. The maximum atomic E-state index is 12.5. The molecule has 1 amide bonds. The summed E-state index contributed by atoms with van der Waals surface area (Å²) in [5, 5.41) is 7.05. The van der Waals surface area contributed by atoms with Crippen LogP contribution in [0.25, 0.3) is 22.2 Å². The van der Waals surface area contributed by atoms with E-state index in [2.05, 4.69) is 15.5 Å². The van der Waals surface area contributed by atoms with Gasteiger partial charge in [-0.15, -0.1) is 11.3 Å². The maximum Gasteiger partial charge on any atom is 0.261 e. The van der Waals surface area contributed by atoms with Gasteiger partial charge in [-0.05, 0) is 36.8 Å². The second-order valence-electron chi connectivity index (χ2n) is 6.06. The Labute approximate surface area is 160 Å². The summed E-state index contributed by atoms with van der Waals surface area (Å²) >= 11 is 1.34. The second kappa shape index (κ2) is 7.55. The summed E-state index contributed by atoms with van der Waals surface area (Å²) in [5.41, 5.74) is 1.93. The quantitative estimate of drug-likeness (QED) is 0.535. The highest BCUT2D eigenvalue weighted by atomic mass is 32.1. The zero-order chi connectivity index (χ0) is 18.6. The number of hydrogen-bond donors (Lipinski definition) is 1. The molecule has 0 fully saturated rings. The minimum Gasteiger partial charge on any atom is -0.345 e. The van der Waals surface area contributed by atoms with Crippen LogP contribution in [-0.2, 0) is 0 Å². The number of nitrogens with zero attached hydrogens (tertiary/aromatic N) is 2. The smallest absolute Gasteiger partial charge is 0.261 e. The van der Waals surface area contributed by atoms with Gasteiger partial charge in [0.05, 0.1) is 15.8 Å². The molecule has 0 bridgehead atoms. The van der Waals surface area contributed by atoms with Gasteiger partial charge in [-0.3, -0.25) is 4.79 Å². The van der Waals surface area contributed by atoms with Gasteiger partial charge in [-0.2, -0.15) is 4.98 Å². The zero-order valence-corrected chi connectivity index (χ0v) is 15.4. The second-order valence-corrected chi connectivity index (χ2v) is 7.14. The third-order valence-electron chi connectivity index (χ3n) is 4.14. The molecule has 1 unspecified atom stereocenters. The molecule has 134 valence electrons. The Hall–Kier alpha value is -3.25. The summed E-state index contributed by atoms with van der Waals surface area (Å²) < 4.78 is 5.34. The number of hydrogen-bond acceptors (Lipinski definition) is 5. The average molecular weight is 375 g/mol. The molecule has 0 aliphatic carbocycles. The van der Waals surface area contributed by atoms with Crippen LogP contribution < -0.4 is 5.32 Å². The molecule has 6 heteroatoms. The van der Waals surface area contributed by atoms with Gasteiger partial charge < -0.3 is 9.84 Å². The molecule has 2 aromatic carbocycles. The molecular weight excluding hydrogens is 358 g/mol. The van der Waals surface area contributed by atoms with Crippen molar-refractivity contribution in [3.8, 4) is 22.2 Å². The third-order valence-corrected chi connectivity index (χ3v) is 5.22. The van der Waals surface area contributed by atoms with Gasteiger partial charge in [0.25, 0.3) is 11.8 Å². The number of nitrogens with one attached hydrogen (secondary N) is 1. The van der Waals surface area contributed by atoms with Crippen molar-refractivity contribution in [2.24, 2.45) is 0 Å². The van der Waals surface area contributed by atoms with Crippen molar-refractivity contribution in [2.75, 3.05) is 0 Å². The maximum absolute atomic E-state index is 12.5. The van der Waals surface area contributed by atoms with E-state index < -0.39 is 0 Å². The molecule has 4 aromatic rings. The fraction of sp³-hybridized carbons (Fsp3) is 0.0952. The van der Waals surface area contributed by atoms with Crippen molar-refractivity contribution in [1.82, 2.24) is 15.5 Å². The molecule has 4 rings (SSSR count). The van der Waals surface area contributed by atoms with E-state index in [1.54, 1.807) is 6.07 Å². The zero-order valence-electron chi connectivity index (χ0n) is 14.6. The lowest BCUT2D eigenvalue weighted by Crippen LogP contribution is -2.25. The molecule has 27 heavy (non-hydrogen) atoms. The SMILES string of the molecule is CC(NC(=O)c1ccc(-c2noc(-c3ccccc3)n2)s1)c1ccccc1. The Kier molecular flexibility index (Phi) is 4.80. The fourth-order valence-corrected chi connectivity index (χ4v) is 3.53. The molecule has 0 saturated heterocycles. The molecule has 0 aliphatic rings. The summed E-state index contributed by atoms with van der Waals surface area (Å²) in [7, 11) is 0. The summed E-state index contributed by atoms with van der Waals surface area (Å²) in [5.74, 6) is 0.825. The highest BCUT2D eigenvalue weighted by Crippen LogP contribution is 2.28. The predicted molar refractivity (Wildman–Crippen MR) is 105 cm³/mol. The molecule has 2 heterocycles. The fourth-order valence-electron chi connectivity index (χ4n) is 2.69. The highest BCUT2D eigenvalue weighted by Gasteiger charge is 2.17. The van der Waals surface area contributed by atoms with Gasteiger partial charge in [-0.25, -0.2) is 0 Å². The van der Waals surface area contributed by atoms with Crippen LogP contribution in [-0.4, -0.2) is 16.0 Å². The number of thiophene rings is 1. The van der Waals surface area contributed by atoms with Crippen LogP contribution in [0.15, 0.2) is 77.3 Å². The highest BCUT2D eigenvalue weighted by molar-refractivity contribution is 7.17.